The van der Waals surface area contributed by atoms with Crippen LogP contribution in [0.2, 0.25) is 0 Å². The largest absolute Gasteiger partial charge is 0.457 e. The third kappa shape index (κ3) is 3.11. The molecule has 0 fully saturated rings. The van der Waals surface area contributed by atoms with Crippen LogP contribution >= 0.6 is 27.7 Å². The van der Waals surface area contributed by atoms with Gasteiger partial charge in [0, 0.05) is 16.2 Å². The quantitative estimate of drug-likeness (QED) is 0.772. The number of furan rings is 1. The van der Waals surface area contributed by atoms with E-state index in [1.54, 1.807) is 24.1 Å². The minimum absolute atomic E-state index is 0.201. The van der Waals surface area contributed by atoms with Crippen molar-refractivity contribution in [1.29, 1.82) is 0 Å². The summed E-state index contributed by atoms with van der Waals surface area (Å²) < 4.78 is 18.7. The van der Waals surface area contributed by atoms with Crippen LogP contribution in [0.5, 0.6) is 0 Å². The molecule has 1 nitrogen and oxygen atoms in total. The summed E-state index contributed by atoms with van der Waals surface area (Å²) in [6.07, 6.45) is 1.69. The molecule has 15 heavy (non-hydrogen) atoms. The molecular formula is C11H8BrFOS. The molecule has 0 N–H and O–H groups in total. The highest BCUT2D eigenvalue weighted by Crippen LogP contribution is 2.25. The zero-order valence-electron chi connectivity index (χ0n) is 7.74. The molecule has 78 valence electrons. The van der Waals surface area contributed by atoms with Gasteiger partial charge in [0.1, 0.15) is 5.82 Å². The summed E-state index contributed by atoms with van der Waals surface area (Å²) in [6, 6.07) is 8.48. The van der Waals surface area contributed by atoms with E-state index in [9.17, 15) is 4.39 Å². The van der Waals surface area contributed by atoms with Crippen LogP contribution in [0.25, 0.3) is 0 Å². The van der Waals surface area contributed by atoms with Gasteiger partial charge in [0.2, 0.25) is 0 Å². The molecule has 0 unspecified atom stereocenters. The van der Waals surface area contributed by atoms with Gasteiger partial charge in [0.05, 0.1) is 6.26 Å². The predicted octanol–water partition coefficient (Wildman–Crippen LogP) is 4.47. The minimum atomic E-state index is -0.201. The fraction of sp³-hybridized carbons (Fsp3) is 0.0909. The lowest BCUT2D eigenvalue weighted by molar-refractivity contribution is 0.539. The van der Waals surface area contributed by atoms with Crippen LogP contribution in [-0.2, 0) is 5.75 Å². The molecule has 2 aromatic rings. The van der Waals surface area contributed by atoms with E-state index in [1.807, 2.05) is 12.1 Å². The summed E-state index contributed by atoms with van der Waals surface area (Å²) in [6.45, 7) is 0. The monoisotopic (exact) mass is 286 g/mol. The van der Waals surface area contributed by atoms with Gasteiger partial charge in [-0.1, -0.05) is 6.07 Å². The molecule has 4 heteroatoms. The Hall–Kier alpha value is -0.740. The van der Waals surface area contributed by atoms with E-state index in [0.29, 0.717) is 0 Å². The number of halogens is 2. The Balaban J connectivity index is 1.99. The third-order valence-electron chi connectivity index (χ3n) is 1.82. The molecule has 0 atom stereocenters. The van der Waals surface area contributed by atoms with Gasteiger partial charge in [-0.15, -0.1) is 11.8 Å². The Labute approximate surface area is 99.8 Å². The van der Waals surface area contributed by atoms with Crippen molar-refractivity contribution in [2.75, 3.05) is 0 Å². The number of rotatable bonds is 3. The lowest BCUT2D eigenvalue weighted by atomic mass is 10.3. The van der Waals surface area contributed by atoms with Crippen LogP contribution in [-0.4, -0.2) is 0 Å². The molecule has 1 heterocycles. The van der Waals surface area contributed by atoms with E-state index in [4.69, 9.17) is 4.42 Å². The highest BCUT2D eigenvalue weighted by Gasteiger charge is 2.01. The van der Waals surface area contributed by atoms with E-state index < -0.39 is 0 Å². The standard InChI is InChI=1S/C11H8BrFOS/c12-11-4-8(6-14-11)7-15-10-3-1-2-9(13)5-10/h1-6H,7H2. The molecule has 0 radical (unpaired) electrons. The molecule has 1 aromatic heterocycles. The maximum atomic E-state index is 12.9. The zero-order valence-corrected chi connectivity index (χ0v) is 10.1. The number of hydrogen-bond acceptors (Lipinski definition) is 2. The first kappa shape index (κ1) is 10.8. The van der Waals surface area contributed by atoms with Crippen molar-refractivity contribution in [3.63, 3.8) is 0 Å². The summed E-state index contributed by atoms with van der Waals surface area (Å²) >= 11 is 4.81. The summed E-state index contributed by atoms with van der Waals surface area (Å²) in [5.41, 5.74) is 1.08. The second-order valence-corrected chi connectivity index (χ2v) is 4.84. The van der Waals surface area contributed by atoms with Gasteiger partial charge in [-0.25, -0.2) is 4.39 Å². The number of benzene rings is 1. The lowest BCUT2D eigenvalue weighted by Gasteiger charge is -1.98. The van der Waals surface area contributed by atoms with Crippen LogP contribution in [0.4, 0.5) is 4.39 Å². The van der Waals surface area contributed by atoms with Gasteiger partial charge in [-0.3, -0.25) is 0 Å². The fourth-order valence-electron chi connectivity index (χ4n) is 1.14. The Morgan fingerprint density at radius 3 is 2.87 bits per heavy atom. The van der Waals surface area contributed by atoms with Crippen molar-refractivity contribution in [2.24, 2.45) is 0 Å². The summed E-state index contributed by atoms with van der Waals surface area (Å²) in [5, 5.41) is 0. The first-order chi connectivity index (χ1) is 7.24. The highest BCUT2D eigenvalue weighted by molar-refractivity contribution is 9.10. The average molecular weight is 287 g/mol. The molecule has 0 aliphatic rings. The van der Waals surface area contributed by atoms with E-state index in [0.717, 1.165) is 20.9 Å². The first-order valence-electron chi connectivity index (χ1n) is 4.35. The van der Waals surface area contributed by atoms with Crippen molar-refractivity contribution in [1.82, 2.24) is 0 Å². The van der Waals surface area contributed by atoms with Crippen LogP contribution in [0.3, 0.4) is 0 Å². The molecule has 2 rings (SSSR count). The van der Waals surface area contributed by atoms with Gasteiger partial charge in [-0.05, 0) is 40.2 Å². The minimum Gasteiger partial charge on any atom is -0.457 e. The number of hydrogen-bond donors (Lipinski definition) is 0. The van der Waals surface area contributed by atoms with Gasteiger partial charge in [0.15, 0.2) is 4.67 Å². The molecule has 0 saturated carbocycles. The number of thioether (sulfide) groups is 1. The highest BCUT2D eigenvalue weighted by atomic mass is 79.9. The second-order valence-electron chi connectivity index (χ2n) is 3.01. The summed E-state index contributed by atoms with van der Waals surface area (Å²) in [7, 11) is 0. The van der Waals surface area contributed by atoms with Crippen LogP contribution in [0.1, 0.15) is 5.56 Å². The zero-order chi connectivity index (χ0) is 10.7. The molecule has 0 amide bonds. The average Bonchev–Trinajstić information content (AvgIpc) is 2.62. The van der Waals surface area contributed by atoms with Gasteiger partial charge in [-0.2, -0.15) is 0 Å². The van der Waals surface area contributed by atoms with Crippen molar-refractivity contribution in [3.05, 3.63) is 52.6 Å². The molecular weight excluding hydrogens is 279 g/mol. The van der Waals surface area contributed by atoms with Crippen LogP contribution < -0.4 is 0 Å². The van der Waals surface area contributed by atoms with E-state index >= 15 is 0 Å². The Kier molecular flexibility index (Phi) is 3.49. The molecule has 1 aromatic carbocycles. The summed E-state index contributed by atoms with van der Waals surface area (Å²) in [5.74, 6) is 0.576. The Bertz CT molecular complexity index is 455. The molecule has 0 bridgehead atoms. The maximum Gasteiger partial charge on any atom is 0.169 e. The smallest absolute Gasteiger partial charge is 0.169 e. The molecule has 0 aliphatic heterocycles. The maximum absolute atomic E-state index is 12.9. The van der Waals surface area contributed by atoms with Crippen molar-refractivity contribution in [3.8, 4) is 0 Å². The van der Waals surface area contributed by atoms with E-state index in [-0.39, 0.29) is 5.82 Å². The molecule has 0 aliphatic carbocycles. The van der Waals surface area contributed by atoms with Crippen molar-refractivity contribution < 1.29 is 8.81 Å². The van der Waals surface area contributed by atoms with Crippen LogP contribution in [0, 0.1) is 5.82 Å². The van der Waals surface area contributed by atoms with Crippen molar-refractivity contribution >= 4 is 27.7 Å². The Morgan fingerprint density at radius 2 is 2.20 bits per heavy atom. The van der Waals surface area contributed by atoms with E-state index in [1.165, 1.54) is 12.1 Å². The van der Waals surface area contributed by atoms with Gasteiger partial charge >= 0.3 is 0 Å². The SMILES string of the molecule is Fc1cccc(SCc2coc(Br)c2)c1. The Morgan fingerprint density at radius 1 is 1.33 bits per heavy atom. The molecule has 0 spiro atoms. The van der Waals surface area contributed by atoms with Gasteiger partial charge in [0.25, 0.3) is 0 Å². The second kappa shape index (κ2) is 4.86. The lowest BCUT2D eigenvalue weighted by Crippen LogP contribution is -1.78. The molecule has 0 saturated heterocycles. The normalized spacial score (nSPS) is 10.5. The first-order valence-corrected chi connectivity index (χ1v) is 6.13. The topological polar surface area (TPSA) is 13.1 Å². The van der Waals surface area contributed by atoms with Crippen molar-refractivity contribution in [2.45, 2.75) is 10.6 Å². The van der Waals surface area contributed by atoms with Gasteiger partial charge < -0.3 is 4.42 Å². The summed E-state index contributed by atoms with van der Waals surface area (Å²) in [4.78, 5) is 0.923. The predicted molar refractivity (Wildman–Crippen MR) is 62.4 cm³/mol. The fourth-order valence-corrected chi connectivity index (χ4v) is 2.39. The third-order valence-corrected chi connectivity index (χ3v) is 3.30. The van der Waals surface area contributed by atoms with Crippen LogP contribution in [0.15, 0.2) is 50.6 Å². The van der Waals surface area contributed by atoms with E-state index in [2.05, 4.69) is 15.9 Å².